The van der Waals surface area contributed by atoms with E-state index in [9.17, 15) is 9.59 Å². The highest BCUT2D eigenvalue weighted by molar-refractivity contribution is 6.12. The van der Waals surface area contributed by atoms with Crippen LogP contribution in [0.25, 0.3) is 5.57 Å². The second kappa shape index (κ2) is 14.5. The number of urea groups is 1. The van der Waals surface area contributed by atoms with Gasteiger partial charge in [0.15, 0.2) is 0 Å². The zero-order valence-corrected chi connectivity index (χ0v) is 27.4. The summed E-state index contributed by atoms with van der Waals surface area (Å²) in [6.07, 6.45) is 18.4. The van der Waals surface area contributed by atoms with Gasteiger partial charge in [-0.1, -0.05) is 99.9 Å². The summed E-state index contributed by atoms with van der Waals surface area (Å²) in [6.45, 7) is 4.57. The molecule has 1 fully saturated rings. The maximum atomic E-state index is 14.8. The maximum Gasteiger partial charge on any atom is 0.349 e. The van der Waals surface area contributed by atoms with Crippen LogP contribution >= 0.6 is 0 Å². The molecule has 2 N–H and O–H groups in total. The third-order valence-corrected chi connectivity index (χ3v) is 9.78. The number of carbonyl (C=O) groups is 2. The first-order chi connectivity index (χ1) is 22.4. The topological polar surface area (TPSA) is 77.0 Å². The summed E-state index contributed by atoms with van der Waals surface area (Å²) < 4.78 is 0. The number of likely N-dealkylation sites (N-methyl/N-ethyl adjacent to an activating group) is 1. The van der Waals surface area contributed by atoms with E-state index in [0.29, 0.717) is 25.3 Å². The minimum absolute atomic E-state index is 0.0303. The number of rotatable bonds is 9. The Balaban J connectivity index is 1.36. The average Bonchev–Trinajstić information content (AvgIpc) is 3.20. The number of anilines is 1. The van der Waals surface area contributed by atoms with Gasteiger partial charge in [0.2, 0.25) is 5.91 Å². The molecule has 1 heterocycles. The number of amides is 3. The van der Waals surface area contributed by atoms with E-state index in [4.69, 9.17) is 5.10 Å². The molecule has 2 aromatic carbocycles. The first-order valence-electron chi connectivity index (χ1n) is 17.0. The molecule has 0 bridgehead atoms. The third kappa shape index (κ3) is 6.80. The van der Waals surface area contributed by atoms with E-state index in [2.05, 4.69) is 71.3 Å². The molecule has 240 valence electrons. The molecule has 1 saturated carbocycles. The van der Waals surface area contributed by atoms with Gasteiger partial charge in [-0.2, -0.15) is 5.10 Å². The highest BCUT2D eigenvalue weighted by Gasteiger charge is 2.36. The maximum absolute atomic E-state index is 14.8. The monoisotopic (exact) mass is 617 g/mol. The van der Waals surface area contributed by atoms with Crippen LogP contribution in [0, 0.1) is 17.8 Å². The Labute approximate surface area is 273 Å². The first-order valence-corrected chi connectivity index (χ1v) is 17.0. The van der Waals surface area contributed by atoms with Gasteiger partial charge in [-0.05, 0) is 74.4 Å². The lowest BCUT2D eigenvalue weighted by Gasteiger charge is -2.32. The van der Waals surface area contributed by atoms with Crippen molar-refractivity contribution < 1.29 is 9.59 Å². The van der Waals surface area contributed by atoms with Crippen molar-refractivity contribution in [3.05, 3.63) is 107 Å². The molecule has 1 aliphatic heterocycles. The zero-order valence-electron chi connectivity index (χ0n) is 27.4. The van der Waals surface area contributed by atoms with Crippen molar-refractivity contribution in [1.82, 2.24) is 15.6 Å². The van der Waals surface area contributed by atoms with Crippen molar-refractivity contribution in [2.24, 2.45) is 22.9 Å². The molecule has 3 amide bonds. The van der Waals surface area contributed by atoms with Crippen molar-refractivity contribution in [2.75, 3.05) is 18.5 Å². The Morgan fingerprint density at radius 2 is 1.72 bits per heavy atom. The van der Waals surface area contributed by atoms with E-state index < -0.39 is 0 Å². The summed E-state index contributed by atoms with van der Waals surface area (Å²) in [4.78, 5) is 29.6. The minimum Gasteiger partial charge on any atom is -0.328 e. The quantitative estimate of drug-likeness (QED) is 0.302. The van der Waals surface area contributed by atoms with E-state index in [0.717, 1.165) is 47.6 Å². The third-order valence-electron chi connectivity index (χ3n) is 9.78. The highest BCUT2D eigenvalue weighted by atomic mass is 16.2. The summed E-state index contributed by atoms with van der Waals surface area (Å²) in [5.41, 5.74) is 7.18. The van der Waals surface area contributed by atoms with Gasteiger partial charge in [0.05, 0.1) is 24.0 Å². The summed E-state index contributed by atoms with van der Waals surface area (Å²) in [5, 5.41) is 13.3. The second-order valence-electron chi connectivity index (χ2n) is 13.2. The summed E-state index contributed by atoms with van der Waals surface area (Å²) >= 11 is 0. The predicted molar refractivity (Wildman–Crippen MR) is 187 cm³/mol. The number of nitrogens with one attached hydrogen (secondary N) is 2. The van der Waals surface area contributed by atoms with Crippen molar-refractivity contribution in [1.29, 1.82) is 0 Å². The van der Waals surface area contributed by atoms with Gasteiger partial charge in [0.1, 0.15) is 0 Å². The van der Waals surface area contributed by atoms with E-state index >= 15 is 0 Å². The molecule has 7 heteroatoms. The smallest absolute Gasteiger partial charge is 0.328 e. The fourth-order valence-electron chi connectivity index (χ4n) is 7.35. The number of carbonyl (C=O) groups excluding carboxylic acids is 2. The molecule has 3 aliphatic carbocycles. The van der Waals surface area contributed by atoms with Gasteiger partial charge in [0, 0.05) is 28.8 Å². The van der Waals surface area contributed by atoms with E-state index in [-0.39, 0.29) is 29.8 Å². The van der Waals surface area contributed by atoms with Crippen LogP contribution < -0.4 is 15.5 Å². The van der Waals surface area contributed by atoms with Crippen LogP contribution in [0.5, 0.6) is 0 Å². The molecular weight excluding hydrogens is 570 g/mol. The molecule has 4 aliphatic rings. The molecule has 0 spiro atoms. The fourth-order valence-corrected chi connectivity index (χ4v) is 7.35. The molecular formula is C39H47N5O2. The van der Waals surface area contributed by atoms with Gasteiger partial charge in [-0.25, -0.2) is 9.80 Å². The molecule has 0 saturated heterocycles. The number of allylic oxidation sites excluding steroid dienone is 7. The van der Waals surface area contributed by atoms with Crippen LogP contribution in [0.4, 0.5) is 10.5 Å². The fraction of sp³-hybridized carbons (Fsp3) is 0.410. The predicted octanol–water partition coefficient (Wildman–Crippen LogP) is 7.79. The SMILES string of the molecule is CN[C@H](C(=O)NC1=CC=C(N2C(=O)N(CC3CC=CC=C3c3ccccc3)N=C(C3CCCCC3)c3ccccc32)CC1)C(C)C. The number of para-hydroxylation sites is 1. The van der Waals surface area contributed by atoms with Crippen LogP contribution in [0.2, 0.25) is 0 Å². The van der Waals surface area contributed by atoms with Crippen molar-refractivity contribution in [3.63, 3.8) is 0 Å². The Bertz CT molecular complexity index is 1580. The molecule has 2 aromatic rings. The number of benzene rings is 2. The van der Waals surface area contributed by atoms with Crippen molar-refractivity contribution in [3.8, 4) is 0 Å². The first kappa shape index (κ1) is 31.7. The number of hydrazone groups is 1. The standard InChI is InChI=1S/C39H47N5O2/c1-27(2)36(40-3)38(45)41-31-22-24-32(25-23-31)44-35-21-13-12-20-34(35)37(29-16-8-5-9-17-29)42-43(39(44)46)26-30-18-10-11-19-33(30)28-14-6-4-7-15-28/h4,6-7,10-15,19-22,24,27,29-30,36,40H,5,8-9,16-18,23,25-26H2,1-3H3,(H,41,45)/t30?,36-/m0/s1. The number of hydrogen-bond acceptors (Lipinski definition) is 4. The Hall–Kier alpha value is -4.23. The second-order valence-corrected chi connectivity index (χ2v) is 13.2. The van der Waals surface area contributed by atoms with Crippen molar-refractivity contribution >= 4 is 28.9 Å². The Kier molecular flexibility index (Phi) is 9.98. The van der Waals surface area contributed by atoms with Gasteiger partial charge in [-0.15, -0.1) is 0 Å². The number of fused-ring (bicyclic) bond motifs is 1. The van der Waals surface area contributed by atoms with E-state index in [1.54, 1.807) is 5.01 Å². The van der Waals surface area contributed by atoms with Crippen LogP contribution in [0.1, 0.15) is 76.3 Å². The zero-order chi connectivity index (χ0) is 32.0. The molecule has 7 nitrogen and oxygen atoms in total. The van der Waals surface area contributed by atoms with Crippen molar-refractivity contribution in [2.45, 2.75) is 71.3 Å². The van der Waals surface area contributed by atoms with Gasteiger partial charge in [-0.3, -0.25) is 9.69 Å². The van der Waals surface area contributed by atoms with Gasteiger partial charge < -0.3 is 10.6 Å². The Morgan fingerprint density at radius 3 is 2.43 bits per heavy atom. The average molecular weight is 618 g/mol. The molecule has 0 radical (unpaired) electrons. The lowest BCUT2D eigenvalue weighted by Crippen LogP contribution is -2.46. The lowest BCUT2D eigenvalue weighted by atomic mass is 9.83. The number of hydrogen-bond donors (Lipinski definition) is 2. The molecule has 46 heavy (non-hydrogen) atoms. The molecule has 1 unspecified atom stereocenters. The van der Waals surface area contributed by atoms with E-state index in [1.807, 2.05) is 50.1 Å². The summed E-state index contributed by atoms with van der Waals surface area (Å²) in [5.74, 6) is 0.590. The van der Waals surface area contributed by atoms with Crippen LogP contribution in [-0.4, -0.2) is 42.3 Å². The van der Waals surface area contributed by atoms with Gasteiger partial charge >= 0.3 is 6.03 Å². The largest absolute Gasteiger partial charge is 0.349 e. The Morgan fingerprint density at radius 1 is 0.957 bits per heavy atom. The van der Waals surface area contributed by atoms with E-state index in [1.165, 1.54) is 30.4 Å². The van der Waals surface area contributed by atoms with Gasteiger partial charge in [0.25, 0.3) is 0 Å². The summed E-state index contributed by atoms with van der Waals surface area (Å²) in [7, 11) is 1.82. The molecule has 6 rings (SSSR count). The normalized spacial score (nSPS) is 21.1. The minimum atomic E-state index is -0.265. The van der Waals surface area contributed by atoms with Crippen LogP contribution in [0.3, 0.4) is 0 Å². The molecule has 0 aromatic heterocycles. The summed E-state index contributed by atoms with van der Waals surface area (Å²) in [6, 6.07) is 18.4. The highest BCUT2D eigenvalue weighted by Crippen LogP contribution is 2.38. The van der Waals surface area contributed by atoms with Crippen LogP contribution in [-0.2, 0) is 4.79 Å². The molecule has 2 atom stereocenters. The number of nitrogens with zero attached hydrogens (tertiary/aromatic N) is 3. The van der Waals surface area contributed by atoms with Crippen LogP contribution in [0.15, 0.2) is 101 Å². The lowest BCUT2D eigenvalue weighted by molar-refractivity contribution is -0.123.